The van der Waals surface area contributed by atoms with Crippen LogP contribution in [0.1, 0.15) is 38.5 Å². The summed E-state index contributed by atoms with van der Waals surface area (Å²) in [7, 11) is 0. The van der Waals surface area contributed by atoms with Crippen LogP contribution in [0, 0.1) is 23.7 Å². The molecule has 4 aliphatic carbocycles. The number of fused-ring (bicyclic) bond motifs is 5. The molecule has 1 aromatic rings. The molecule has 1 saturated carbocycles. The Labute approximate surface area is 148 Å². The first kappa shape index (κ1) is 15.2. The third-order valence-corrected chi connectivity index (χ3v) is 6.96. The van der Waals surface area contributed by atoms with E-state index in [4.69, 9.17) is 0 Å². The zero-order valence-corrected chi connectivity index (χ0v) is 14.4. The Bertz CT molecular complexity index is 918. The Kier molecular flexibility index (Phi) is 3.48. The molecule has 0 spiro atoms. The molecule has 0 saturated heterocycles. The van der Waals surface area contributed by atoms with Gasteiger partial charge in [-0.3, -0.25) is 4.79 Å². The van der Waals surface area contributed by atoms with Gasteiger partial charge in [0.1, 0.15) is 0 Å². The van der Waals surface area contributed by atoms with Crippen LogP contribution in [0.3, 0.4) is 0 Å². The highest BCUT2D eigenvalue weighted by molar-refractivity contribution is 5.71. The van der Waals surface area contributed by atoms with Gasteiger partial charge >= 0.3 is 5.97 Å². The van der Waals surface area contributed by atoms with E-state index in [9.17, 15) is 9.90 Å². The minimum absolute atomic E-state index is 0.171. The van der Waals surface area contributed by atoms with Crippen molar-refractivity contribution in [2.75, 3.05) is 0 Å². The predicted octanol–water partition coefficient (Wildman–Crippen LogP) is 3.42. The maximum atomic E-state index is 11.5. The van der Waals surface area contributed by atoms with Crippen molar-refractivity contribution in [3.05, 3.63) is 58.0 Å². The lowest BCUT2D eigenvalue weighted by Crippen LogP contribution is -2.38. The molecule has 0 radical (unpaired) electrons. The number of benzene rings is 1. The van der Waals surface area contributed by atoms with Gasteiger partial charge < -0.3 is 5.11 Å². The number of hydrogen-bond acceptors (Lipinski definition) is 1. The molecule has 25 heavy (non-hydrogen) atoms. The highest BCUT2D eigenvalue weighted by Gasteiger charge is 2.40. The van der Waals surface area contributed by atoms with Crippen LogP contribution < -0.4 is 10.4 Å². The summed E-state index contributed by atoms with van der Waals surface area (Å²) in [4.78, 5) is 11.5. The fourth-order valence-electron chi connectivity index (χ4n) is 5.71. The molecule has 0 aromatic heterocycles. The lowest BCUT2D eigenvalue weighted by atomic mass is 9.61. The largest absolute Gasteiger partial charge is 0.481 e. The molecule has 4 aliphatic rings. The first-order valence-corrected chi connectivity index (χ1v) is 9.65. The van der Waals surface area contributed by atoms with Crippen LogP contribution in [0.15, 0.2) is 47.6 Å². The van der Waals surface area contributed by atoms with Crippen LogP contribution in [0.2, 0.25) is 0 Å². The monoisotopic (exact) mass is 332 g/mol. The molecule has 0 bridgehead atoms. The fourth-order valence-corrected chi connectivity index (χ4v) is 5.71. The van der Waals surface area contributed by atoms with Gasteiger partial charge in [0, 0.05) is 0 Å². The quantitative estimate of drug-likeness (QED) is 0.856. The maximum absolute atomic E-state index is 11.5. The molecule has 1 aromatic carbocycles. The van der Waals surface area contributed by atoms with Crippen molar-refractivity contribution in [1.82, 2.24) is 0 Å². The summed E-state index contributed by atoms with van der Waals surface area (Å²) >= 11 is 0. The van der Waals surface area contributed by atoms with Crippen molar-refractivity contribution in [2.24, 2.45) is 23.7 Å². The minimum Gasteiger partial charge on any atom is -0.481 e. The molecule has 4 unspecified atom stereocenters. The second kappa shape index (κ2) is 5.72. The average Bonchev–Trinajstić information content (AvgIpc) is 2.66. The van der Waals surface area contributed by atoms with Crippen molar-refractivity contribution in [1.29, 1.82) is 0 Å². The molecule has 2 nitrogen and oxygen atoms in total. The highest BCUT2D eigenvalue weighted by Crippen LogP contribution is 2.50. The zero-order valence-electron chi connectivity index (χ0n) is 14.4. The van der Waals surface area contributed by atoms with Gasteiger partial charge in [0.05, 0.1) is 5.92 Å². The number of rotatable bonds is 1. The third-order valence-electron chi connectivity index (χ3n) is 6.96. The Hall–Kier alpha value is -2.09. The fraction of sp³-hybridized carbons (Fsp3) is 0.435. The summed E-state index contributed by atoms with van der Waals surface area (Å²) in [5.74, 6) is 1.01. The number of carboxylic acid groups (broad SMARTS) is 1. The summed E-state index contributed by atoms with van der Waals surface area (Å²) in [6.45, 7) is 0. The second-order valence-electron chi connectivity index (χ2n) is 8.10. The van der Waals surface area contributed by atoms with Crippen LogP contribution in [0.5, 0.6) is 0 Å². The average molecular weight is 332 g/mol. The van der Waals surface area contributed by atoms with Crippen LogP contribution in [-0.2, 0) is 4.79 Å². The van der Waals surface area contributed by atoms with Crippen molar-refractivity contribution in [3.8, 4) is 0 Å². The molecule has 5 rings (SSSR count). The van der Waals surface area contributed by atoms with E-state index >= 15 is 0 Å². The SMILES string of the molecule is O=C(O)C1CCC2CCC3C(=C2C1)C=CC1=c2ccccc2=CCC13. The molecule has 4 atom stereocenters. The Morgan fingerprint density at radius 2 is 1.76 bits per heavy atom. The van der Waals surface area contributed by atoms with Gasteiger partial charge in [0.15, 0.2) is 0 Å². The van der Waals surface area contributed by atoms with Crippen LogP contribution in [0.4, 0.5) is 0 Å². The van der Waals surface area contributed by atoms with Crippen LogP contribution >= 0.6 is 0 Å². The summed E-state index contributed by atoms with van der Waals surface area (Å²) in [6, 6.07) is 8.73. The van der Waals surface area contributed by atoms with E-state index in [1.165, 1.54) is 40.0 Å². The normalized spacial score (nSPS) is 32.9. The minimum atomic E-state index is -0.611. The molecule has 2 heteroatoms. The zero-order chi connectivity index (χ0) is 17.0. The van der Waals surface area contributed by atoms with Crippen LogP contribution in [0.25, 0.3) is 11.6 Å². The molecular formula is C23H24O2. The van der Waals surface area contributed by atoms with Crippen LogP contribution in [-0.4, -0.2) is 11.1 Å². The lowest BCUT2D eigenvalue weighted by molar-refractivity contribution is -0.142. The van der Waals surface area contributed by atoms with Crippen molar-refractivity contribution in [3.63, 3.8) is 0 Å². The van der Waals surface area contributed by atoms with E-state index in [0.717, 1.165) is 25.7 Å². The molecule has 0 amide bonds. The van der Waals surface area contributed by atoms with Gasteiger partial charge in [0.25, 0.3) is 0 Å². The second-order valence-corrected chi connectivity index (χ2v) is 8.10. The Morgan fingerprint density at radius 1 is 0.960 bits per heavy atom. The van der Waals surface area contributed by atoms with Gasteiger partial charge in [-0.1, -0.05) is 48.1 Å². The van der Waals surface area contributed by atoms with E-state index in [2.05, 4.69) is 42.5 Å². The molecule has 128 valence electrons. The predicted molar refractivity (Wildman–Crippen MR) is 99.0 cm³/mol. The van der Waals surface area contributed by atoms with E-state index in [1.54, 1.807) is 0 Å². The first-order valence-electron chi connectivity index (χ1n) is 9.65. The van der Waals surface area contributed by atoms with Gasteiger partial charge in [0.2, 0.25) is 0 Å². The van der Waals surface area contributed by atoms with Crippen molar-refractivity contribution >= 4 is 17.6 Å². The van der Waals surface area contributed by atoms with Gasteiger partial charge in [-0.25, -0.2) is 0 Å². The summed E-state index contributed by atoms with van der Waals surface area (Å²) in [5, 5.41) is 12.2. The summed E-state index contributed by atoms with van der Waals surface area (Å²) in [6.07, 6.45) is 13.4. The van der Waals surface area contributed by atoms with Gasteiger partial charge in [-0.15, -0.1) is 0 Å². The van der Waals surface area contributed by atoms with E-state index in [1.807, 2.05) is 0 Å². The number of carboxylic acids is 1. The summed E-state index contributed by atoms with van der Waals surface area (Å²) in [5.41, 5.74) is 4.46. The highest BCUT2D eigenvalue weighted by atomic mass is 16.4. The number of allylic oxidation sites excluding steroid dienone is 4. The van der Waals surface area contributed by atoms with E-state index in [0.29, 0.717) is 17.8 Å². The van der Waals surface area contributed by atoms with Gasteiger partial charge in [-0.05, 0) is 77.9 Å². The third kappa shape index (κ3) is 2.34. The number of hydrogen-bond donors (Lipinski definition) is 1. The standard InChI is InChI=1S/C23H24O2/c24-23(25)16-6-5-15-8-10-20-19-9-7-14-3-1-2-4-17(14)18(19)11-12-21(20)22(15)13-16/h1-4,7,11-12,15-16,19-20H,5-6,8-10,13H2,(H,24,25). The Balaban J connectivity index is 1.62. The number of aliphatic carboxylic acids is 1. The molecular weight excluding hydrogens is 308 g/mol. The van der Waals surface area contributed by atoms with Gasteiger partial charge in [-0.2, -0.15) is 0 Å². The maximum Gasteiger partial charge on any atom is 0.306 e. The Morgan fingerprint density at radius 3 is 2.64 bits per heavy atom. The van der Waals surface area contributed by atoms with Crippen molar-refractivity contribution in [2.45, 2.75) is 38.5 Å². The van der Waals surface area contributed by atoms with E-state index < -0.39 is 5.97 Å². The summed E-state index contributed by atoms with van der Waals surface area (Å²) < 4.78 is 0. The van der Waals surface area contributed by atoms with E-state index in [-0.39, 0.29) is 5.92 Å². The number of carbonyl (C=O) groups is 1. The topological polar surface area (TPSA) is 37.3 Å². The first-order chi connectivity index (χ1) is 12.2. The lowest BCUT2D eigenvalue weighted by Gasteiger charge is -2.43. The molecule has 1 N–H and O–H groups in total. The molecule has 0 heterocycles. The molecule has 0 aliphatic heterocycles. The van der Waals surface area contributed by atoms with Crippen molar-refractivity contribution < 1.29 is 9.90 Å². The molecule has 1 fully saturated rings. The smallest absolute Gasteiger partial charge is 0.306 e.